The predicted molar refractivity (Wildman–Crippen MR) is 89.7 cm³/mol. The van der Waals surface area contributed by atoms with E-state index in [0.717, 1.165) is 28.6 Å². The van der Waals surface area contributed by atoms with E-state index in [0.29, 0.717) is 13.0 Å². The van der Waals surface area contributed by atoms with Gasteiger partial charge in [-0.25, -0.2) is 8.78 Å². The van der Waals surface area contributed by atoms with Gasteiger partial charge in [0.15, 0.2) is 5.82 Å². The molecule has 0 radical (unpaired) electrons. The molecule has 0 spiro atoms. The fourth-order valence-corrected chi connectivity index (χ4v) is 2.49. The number of hydrogen-bond donors (Lipinski definition) is 1. The molecule has 1 aromatic heterocycles. The van der Waals surface area contributed by atoms with Gasteiger partial charge in [-0.15, -0.1) is 0 Å². The first-order valence-corrected chi connectivity index (χ1v) is 7.38. The molecule has 0 fully saturated rings. The molecule has 0 saturated heterocycles. The van der Waals surface area contributed by atoms with Crippen LogP contribution in [0.3, 0.4) is 0 Å². The standard InChI is InChI=1S/C18H14F2N4/c19-14-6-7-17(16(20)10-14)23-22-11-13-12-24(9-3-8-21)18-5-2-1-4-15(13)18/h1-2,4-7,10-12,23H,3,9H2/b22-11-. The minimum Gasteiger partial charge on any atom is -0.346 e. The van der Waals surface area contributed by atoms with Gasteiger partial charge in [0.1, 0.15) is 5.82 Å². The van der Waals surface area contributed by atoms with Crippen LogP contribution < -0.4 is 5.43 Å². The van der Waals surface area contributed by atoms with Crippen LogP contribution in [0.25, 0.3) is 10.9 Å². The van der Waals surface area contributed by atoms with Crippen LogP contribution in [-0.4, -0.2) is 10.8 Å². The Labute approximate surface area is 137 Å². The average molecular weight is 324 g/mol. The van der Waals surface area contributed by atoms with E-state index in [-0.39, 0.29) is 5.69 Å². The summed E-state index contributed by atoms with van der Waals surface area (Å²) in [7, 11) is 0. The van der Waals surface area contributed by atoms with Crippen molar-refractivity contribution in [3.8, 4) is 6.07 Å². The molecular weight excluding hydrogens is 310 g/mol. The van der Waals surface area contributed by atoms with Crippen LogP contribution in [0.5, 0.6) is 0 Å². The van der Waals surface area contributed by atoms with Crippen LogP contribution in [-0.2, 0) is 6.54 Å². The van der Waals surface area contributed by atoms with Crippen LogP contribution in [0.4, 0.5) is 14.5 Å². The Hall–Kier alpha value is -3.20. The van der Waals surface area contributed by atoms with Crippen LogP contribution in [0.15, 0.2) is 53.8 Å². The lowest BCUT2D eigenvalue weighted by Gasteiger charge is -2.01. The number of hydrogen-bond acceptors (Lipinski definition) is 3. The molecule has 4 nitrogen and oxygen atoms in total. The number of rotatable bonds is 5. The SMILES string of the molecule is N#CCCn1cc(/C=N\Nc2ccc(F)cc2F)c2ccccc21. The number of aryl methyl sites for hydroxylation is 1. The van der Waals surface area contributed by atoms with E-state index in [1.807, 2.05) is 35.0 Å². The molecule has 0 aliphatic heterocycles. The molecule has 24 heavy (non-hydrogen) atoms. The first kappa shape index (κ1) is 15.7. The van der Waals surface area contributed by atoms with E-state index in [9.17, 15) is 8.78 Å². The Bertz CT molecular complexity index is 938. The van der Waals surface area contributed by atoms with E-state index in [1.165, 1.54) is 6.07 Å². The van der Waals surface area contributed by atoms with Crippen molar-refractivity contribution in [3.05, 3.63) is 65.9 Å². The topological polar surface area (TPSA) is 53.1 Å². The second kappa shape index (κ2) is 6.92. The molecule has 0 aliphatic rings. The van der Waals surface area contributed by atoms with Crippen LogP contribution in [0.2, 0.25) is 0 Å². The van der Waals surface area contributed by atoms with Crippen molar-refractivity contribution in [2.75, 3.05) is 5.43 Å². The summed E-state index contributed by atoms with van der Waals surface area (Å²) in [6.07, 6.45) is 3.89. The largest absolute Gasteiger partial charge is 0.346 e. The average Bonchev–Trinajstić information content (AvgIpc) is 2.93. The number of para-hydroxylation sites is 1. The predicted octanol–water partition coefficient (Wildman–Crippen LogP) is 4.28. The maximum absolute atomic E-state index is 13.6. The Balaban J connectivity index is 1.85. The van der Waals surface area contributed by atoms with Gasteiger partial charge in [0.2, 0.25) is 0 Å². The third-order valence-corrected chi connectivity index (χ3v) is 3.60. The van der Waals surface area contributed by atoms with Gasteiger partial charge in [-0.1, -0.05) is 18.2 Å². The molecule has 1 N–H and O–H groups in total. The number of nitrogens with zero attached hydrogens (tertiary/aromatic N) is 3. The summed E-state index contributed by atoms with van der Waals surface area (Å²) in [6.45, 7) is 0.588. The lowest BCUT2D eigenvalue weighted by atomic mass is 10.2. The first-order chi connectivity index (χ1) is 11.7. The van der Waals surface area contributed by atoms with E-state index < -0.39 is 11.6 Å². The van der Waals surface area contributed by atoms with Gasteiger partial charge in [-0.05, 0) is 18.2 Å². The van der Waals surface area contributed by atoms with Gasteiger partial charge in [-0.3, -0.25) is 5.43 Å². The Kier molecular flexibility index (Phi) is 4.52. The molecule has 0 atom stereocenters. The molecule has 3 aromatic rings. The Morgan fingerprint density at radius 3 is 2.83 bits per heavy atom. The maximum atomic E-state index is 13.6. The van der Waals surface area contributed by atoms with Crippen LogP contribution in [0.1, 0.15) is 12.0 Å². The molecule has 0 aliphatic carbocycles. The summed E-state index contributed by atoms with van der Waals surface area (Å²) < 4.78 is 28.4. The number of aromatic nitrogens is 1. The minimum absolute atomic E-state index is 0.0980. The van der Waals surface area contributed by atoms with Crippen molar-refractivity contribution < 1.29 is 8.78 Å². The molecule has 120 valence electrons. The molecule has 3 rings (SSSR count). The highest BCUT2D eigenvalue weighted by Crippen LogP contribution is 2.21. The summed E-state index contributed by atoms with van der Waals surface area (Å²) in [4.78, 5) is 0. The highest BCUT2D eigenvalue weighted by atomic mass is 19.1. The van der Waals surface area contributed by atoms with E-state index in [4.69, 9.17) is 5.26 Å². The van der Waals surface area contributed by atoms with Gasteiger partial charge in [0, 0.05) is 35.3 Å². The lowest BCUT2D eigenvalue weighted by molar-refractivity contribution is 0.585. The van der Waals surface area contributed by atoms with Gasteiger partial charge < -0.3 is 4.57 Å². The molecule has 0 saturated carbocycles. The van der Waals surface area contributed by atoms with E-state index in [2.05, 4.69) is 16.6 Å². The fraction of sp³-hybridized carbons (Fsp3) is 0.111. The van der Waals surface area contributed by atoms with Crippen molar-refractivity contribution >= 4 is 22.8 Å². The number of fused-ring (bicyclic) bond motifs is 1. The summed E-state index contributed by atoms with van der Waals surface area (Å²) in [5.74, 6) is -1.34. The van der Waals surface area contributed by atoms with Crippen molar-refractivity contribution in [2.24, 2.45) is 5.10 Å². The van der Waals surface area contributed by atoms with Gasteiger partial charge >= 0.3 is 0 Å². The number of benzene rings is 2. The van der Waals surface area contributed by atoms with Crippen LogP contribution in [0, 0.1) is 23.0 Å². The zero-order valence-electron chi connectivity index (χ0n) is 12.7. The van der Waals surface area contributed by atoms with E-state index >= 15 is 0 Å². The number of anilines is 1. The number of nitrogens with one attached hydrogen (secondary N) is 1. The molecule has 0 bridgehead atoms. The Morgan fingerprint density at radius 1 is 1.21 bits per heavy atom. The fourth-order valence-electron chi connectivity index (χ4n) is 2.49. The van der Waals surface area contributed by atoms with Gasteiger partial charge in [-0.2, -0.15) is 10.4 Å². The second-order valence-electron chi connectivity index (χ2n) is 5.20. The molecule has 6 heteroatoms. The zero-order valence-corrected chi connectivity index (χ0v) is 12.7. The Morgan fingerprint density at radius 2 is 2.04 bits per heavy atom. The summed E-state index contributed by atoms with van der Waals surface area (Å²) in [5.41, 5.74) is 4.52. The molecule has 0 amide bonds. The maximum Gasteiger partial charge on any atom is 0.151 e. The van der Waals surface area contributed by atoms with Crippen molar-refractivity contribution in [2.45, 2.75) is 13.0 Å². The monoisotopic (exact) mass is 324 g/mol. The van der Waals surface area contributed by atoms with Crippen molar-refractivity contribution in [3.63, 3.8) is 0 Å². The van der Waals surface area contributed by atoms with Gasteiger partial charge in [0.05, 0.1) is 24.4 Å². The second-order valence-corrected chi connectivity index (χ2v) is 5.20. The summed E-state index contributed by atoms with van der Waals surface area (Å²) in [5, 5.41) is 13.8. The normalized spacial score (nSPS) is 11.0. The highest BCUT2D eigenvalue weighted by Gasteiger charge is 2.06. The molecule has 1 heterocycles. The number of nitriles is 1. The third-order valence-electron chi connectivity index (χ3n) is 3.60. The summed E-state index contributed by atoms with van der Waals surface area (Å²) in [6, 6.07) is 13.1. The van der Waals surface area contributed by atoms with Gasteiger partial charge in [0.25, 0.3) is 0 Å². The first-order valence-electron chi connectivity index (χ1n) is 7.38. The van der Waals surface area contributed by atoms with Crippen molar-refractivity contribution in [1.29, 1.82) is 5.26 Å². The van der Waals surface area contributed by atoms with Crippen molar-refractivity contribution in [1.82, 2.24) is 4.57 Å². The lowest BCUT2D eigenvalue weighted by Crippen LogP contribution is -1.95. The summed E-state index contributed by atoms with van der Waals surface area (Å²) >= 11 is 0. The smallest absolute Gasteiger partial charge is 0.151 e. The number of hydrazone groups is 1. The molecule has 0 unspecified atom stereocenters. The van der Waals surface area contributed by atoms with Crippen LogP contribution >= 0.6 is 0 Å². The molecular formula is C18H14F2N4. The zero-order chi connectivity index (χ0) is 16.9. The van der Waals surface area contributed by atoms with E-state index in [1.54, 1.807) is 6.21 Å². The highest BCUT2D eigenvalue weighted by molar-refractivity contribution is 5.99. The third kappa shape index (κ3) is 3.25. The molecule has 2 aromatic carbocycles. The minimum atomic E-state index is -0.705. The quantitative estimate of drug-likeness (QED) is 0.562. The number of halogens is 2.